The van der Waals surface area contributed by atoms with Crippen molar-refractivity contribution >= 4 is 39.6 Å². The van der Waals surface area contributed by atoms with E-state index in [4.69, 9.17) is 23.5 Å². The van der Waals surface area contributed by atoms with E-state index in [1.165, 1.54) is 0 Å². The van der Waals surface area contributed by atoms with E-state index in [-0.39, 0.29) is 24.0 Å². The van der Waals surface area contributed by atoms with Crippen molar-refractivity contribution in [2.45, 2.75) is 50.8 Å². The fraction of sp³-hybridized carbons (Fsp3) is 0.238. The number of ether oxygens (including phenoxy) is 1. The minimum atomic E-state index is -1.00. The fourth-order valence-electron chi connectivity index (χ4n) is 8.93. The molecule has 8 heterocycles. The second kappa shape index (κ2) is 11.0. The molecule has 1 amide bonds. The molecule has 0 aliphatic carbocycles. The summed E-state index contributed by atoms with van der Waals surface area (Å²) in [6.07, 6.45) is 3.87. The molecule has 1 spiro atoms. The Morgan fingerprint density at radius 1 is 1.00 bits per heavy atom. The third-order valence-corrected chi connectivity index (χ3v) is 12.2. The van der Waals surface area contributed by atoms with Crippen LogP contribution in [-0.2, 0) is 27.8 Å². The van der Waals surface area contributed by atoms with E-state index >= 15 is 0 Å². The Labute approximate surface area is 307 Å². The van der Waals surface area contributed by atoms with Gasteiger partial charge in [0.25, 0.3) is 0 Å². The summed E-state index contributed by atoms with van der Waals surface area (Å²) in [4.78, 5) is 42.2. The molecule has 53 heavy (non-hydrogen) atoms. The summed E-state index contributed by atoms with van der Waals surface area (Å²) in [6, 6.07) is 22.0. The minimum Gasteiger partial charge on any atom is -0.469 e. The number of hydrogen-bond acceptors (Lipinski definition) is 9. The van der Waals surface area contributed by atoms with Crippen molar-refractivity contribution in [3.8, 4) is 39.8 Å². The third-order valence-electron chi connectivity index (χ3n) is 11.4. The van der Waals surface area contributed by atoms with Crippen molar-refractivity contribution < 1.29 is 23.2 Å². The molecular formula is C42H33N5O5S. The van der Waals surface area contributed by atoms with E-state index in [9.17, 15) is 9.59 Å². The first-order valence-corrected chi connectivity index (χ1v) is 18.9. The van der Waals surface area contributed by atoms with E-state index < -0.39 is 23.6 Å². The lowest BCUT2D eigenvalue weighted by Crippen LogP contribution is -2.40. The number of aromatic amines is 1. The number of H-pyrrole nitrogens is 1. The third kappa shape index (κ3) is 4.31. The van der Waals surface area contributed by atoms with Gasteiger partial charge in [0.05, 0.1) is 6.20 Å². The molecule has 7 aromatic rings. The molecule has 4 aliphatic heterocycles. The number of ketones is 1. The molecule has 10 bridgehead atoms. The molecule has 1 unspecified atom stereocenters. The van der Waals surface area contributed by atoms with Crippen molar-refractivity contribution in [3.63, 3.8) is 0 Å². The summed E-state index contributed by atoms with van der Waals surface area (Å²) in [6.45, 7) is 4.05. The number of nitrogens with zero attached hydrogens (tertiary/aromatic N) is 2. The Hall–Kier alpha value is -5.94. The number of hydrogen-bond donors (Lipinski definition) is 3. The highest BCUT2D eigenvalue weighted by atomic mass is 32.1. The molecule has 0 fully saturated rings. The van der Waals surface area contributed by atoms with Crippen LogP contribution in [-0.4, -0.2) is 32.9 Å². The van der Waals surface area contributed by atoms with Crippen LogP contribution in [0.15, 0.2) is 93.3 Å². The normalized spacial score (nSPS) is 21.7. The van der Waals surface area contributed by atoms with E-state index in [0.717, 1.165) is 54.8 Å². The molecule has 0 radical (unpaired) electrons. The Morgan fingerprint density at radius 3 is 2.75 bits per heavy atom. The number of benzene rings is 3. The molecule has 4 atom stereocenters. The molecule has 3 N–H and O–H groups in total. The highest BCUT2D eigenvalue weighted by Gasteiger charge is 2.61. The number of aromatic nitrogens is 3. The van der Waals surface area contributed by atoms with Crippen molar-refractivity contribution in [1.29, 1.82) is 0 Å². The van der Waals surface area contributed by atoms with E-state index in [2.05, 4.69) is 58.1 Å². The second-order valence-corrected chi connectivity index (χ2v) is 15.9. The largest absolute Gasteiger partial charge is 0.469 e. The summed E-state index contributed by atoms with van der Waals surface area (Å²) in [5.41, 5.74) is 7.09. The number of para-hydroxylation sites is 1. The standard InChI is InChI=1S/C42H33N5O5S/c1-20(2)34-40-46-36-37(52-40)42-28-9-3-8-26(25-7-4-10-30-33(25)27(18-43-30)32-19-44-39(36)50-32)35(28)47-41(42)51-31-12-11-21(15-29(31)42)14-22(38(49)45-34)16-23(48)17-24-6-5-13-53-24/h3-13,15,18-20,22,34,41,43,47H,14,16-17H2,1-2H3,(H,45,49)/t22-,34+,41+,42?/m1/s1. The lowest BCUT2D eigenvalue weighted by Gasteiger charge is -2.28. The van der Waals surface area contributed by atoms with Crippen molar-refractivity contribution in [2.75, 3.05) is 5.32 Å². The maximum Gasteiger partial charge on any atom is 0.249 e. The molecule has 3 aromatic carbocycles. The Morgan fingerprint density at radius 2 is 1.89 bits per heavy atom. The average molecular weight is 720 g/mol. The number of thiophene rings is 1. The van der Waals surface area contributed by atoms with Gasteiger partial charge in [-0.15, -0.1) is 11.3 Å². The van der Waals surface area contributed by atoms with Gasteiger partial charge >= 0.3 is 0 Å². The first-order valence-electron chi connectivity index (χ1n) is 18.0. The second-order valence-electron chi connectivity index (χ2n) is 14.8. The van der Waals surface area contributed by atoms with Gasteiger partial charge in [-0.2, -0.15) is 0 Å². The Balaban J connectivity index is 1.18. The van der Waals surface area contributed by atoms with Crippen LogP contribution in [0.25, 0.3) is 44.9 Å². The van der Waals surface area contributed by atoms with Crippen LogP contribution in [0.3, 0.4) is 0 Å². The van der Waals surface area contributed by atoms with Gasteiger partial charge in [-0.05, 0) is 47.0 Å². The van der Waals surface area contributed by atoms with Gasteiger partial charge in [0, 0.05) is 68.7 Å². The van der Waals surface area contributed by atoms with E-state index in [1.807, 2.05) is 49.7 Å². The zero-order valence-electron chi connectivity index (χ0n) is 28.9. The molecule has 4 aromatic heterocycles. The summed E-state index contributed by atoms with van der Waals surface area (Å²) < 4.78 is 20.5. The van der Waals surface area contributed by atoms with Gasteiger partial charge in [-0.25, -0.2) is 9.97 Å². The first kappa shape index (κ1) is 30.7. The summed E-state index contributed by atoms with van der Waals surface area (Å²) in [7, 11) is 0. The van der Waals surface area contributed by atoms with E-state index in [0.29, 0.717) is 47.6 Å². The molecule has 4 aliphatic rings. The number of carbonyl (C=O) groups is 2. The van der Waals surface area contributed by atoms with Crippen LogP contribution >= 0.6 is 11.3 Å². The maximum absolute atomic E-state index is 14.3. The lowest BCUT2D eigenvalue weighted by molar-refractivity contribution is -0.130. The van der Waals surface area contributed by atoms with Crippen molar-refractivity contribution in [2.24, 2.45) is 11.8 Å². The molecular weight excluding hydrogens is 687 g/mol. The minimum absolute atomic E-state index is 0.0226. The smallest absolute Gasteiger partial charge is 0.249 e. The molecule has 0 saturated carbocycles. The number of rotatable bonds is 5. The number of nitrogens with one attached hydrogen (secondary N) is 3. The van der Waals surface area contributed by atoms with Gasteiger partial charge in [-0.3, -0.25) is 9.59 Å². The quantitative estimate of drug-likeness (QED) is 0.162. The molecule has 262 valence electrons. The van der Waals surface area contributed by atoms with Gasteiger partial charge in [0.15, 0.2) is 23.4 Å². The van der Waals surface area contributed by atoms with Crippen LogP contribution in [0, 0.1) is 11.8 Å². The van der Waals surface area contributed by atoms with Gasteiger partial charge in [0.1, 0.15) is 23.0 Å². The van der Waals surface area contributed by atoms with Crippen molar-refractivity contribution in [3.05, 3.63) is 118 Å². The summed E-state index contributed by atoms with van der Waals surface area (Å²) in [5, 5.41) is 10.1. The number of oxazole rings is 2. The van der Waals surface area contributed by atoms with Crippen LogP contribution < -0.4 is 15.4 Å². The van der Waals surface area contributed by atoms with E-state index in [1.54, 1.807) is 17.5 Å². The number of anilines is 1. The average Bonchev–Trinajstić information content (AvgIpc) is 3.99. The lowest BCUT2D eigenvalue weighted by atomic mass is 9.72. The van der Waals surface area contributed by atoms with Crippen LogP contribution in [0.1, 0.15) is 59.5 Å². The highest BCUT2D eigenvalue weighted by molar-refractivity contribution is 7.10. The van der Waals surface area contributed by atoms with Gasteiger partial charge in [0.2, 0.25) is 17.7 Å². The topological polar surface area (TPSA) is 135 Å². The van der Waals surface area contributed by atoms with Gasteiger partial charge in [-0.1, -0.05) is 62.4 Å². The Bertz CT molecular complexity index is 2650. The highest BCUT2D eigenvalue weighted by Crippen LogP contribution is 2.61. The van der Waals surface area contributed by atoms with Crippen LogP contribution in [0.5, 0.6) is 5.75 Å². The number of fused-ring (bicyclic) bond motifs is 7. The zero-order chi connectivity index (χ0) is 35.6. The molecule has 11 heteroatoms. The monoisotopic (exact) mass is 719 g/mol. The summed E-state index contributed by atoms with van der Waals surface area (Å²) >= 11 is 1.55. The summed E-state index contributed by atoms with van der Waals surface area (Å²) in [5.74, 6) is 1.57. The number of carbonyl (C=O) groups excluding carboxylic acids is 2. The Kier molecular flexibility index (Phi) is 6.38. The zero-order valence-corrected chi connectivity index (χ0v) is 29.7. The molecule has 10 nitrogen and oxygen atoms in total. The van der Waals surface area contributed by atoms with Crippen LogP contribution in [0.2, 0.25) is 0 Å². The predicted molar refractivity (Wildman–Crippen MR) is 200 cm³/mol. The van der Waals surface area contributed by atoms with Crippen LogP contribution in [0.4, 0.5) is 5.69 Å². The molecule has 11 rings (SSSR count). The first-order chi connectivity index (χ1) is 25.9. The number of Topliss-reactive ketones (excluding diaryl/α,β-unsaturated/α-hetero) is 1. The SMILES string of the molecule is CC(C)[C@@H]1NC(=O)[C@@H](CC(=O)Cc2cccs2)Cc2ccc3c(c2)C24c5cccc(c5N[C@H]2O3)-c2cccc3[nH]cc(c23)-c2cnc(o2)-c2nc1oc24. The predicted octanol–water partition coefficient (Wildman–Crippen LogP) is 8.19. The fourth-order valence-corrected chi connectivity index (χ4v) is 9.66. The van der Waals surface area contributed by atoms with Crippen molar-refractivity contribution in [1.82, 2.24) is 20.3 Å². The van der Waals surface area contributed by atoms with Gasteiger partial charge < -0.3 is 29.2 Å². The number of amides is 1. The molecule has 0 saturated heterocycles. The maximum atomic E-state index is 14.3.